The van der Waals surface area contributed by atoms with E-state index in [1.165, 1.54) is 29.8 Å². The Bertz CT molecular complexity index is 4900. The maximum absolute atomic E-state index is 14.9. The molecule has 12 rings (SSSR count). The average molecular weight is 1780 g/mol. The number of carbonyl (C=O) groups excluding carboxylic acids is 4. The number of benzene rings is 8. The molecule has 16 nitrogen and oxygen atoms in total. The third-order valence-electron chi connectivity index (χ3n) is 17.2. The summed E-state index contributed by atoms with van der Waals surface area (Å²) in [4.78, 5) is 36.4. The number of aryl methyl sites for hydroxylation is 4. The summed E-state index contributed by atoms with van der Waals surface area (Å²) in [6, 6.07) is 65.4. The lowest BCUT2D eigenvalue weighted by atomic mass is 10.2. The molecule has 0 radical (unpaired) electrons. The summed E-state index contributed by atoms with van der Waals surface area (Å²) in [7, 11) is 2.93. The van der Waals surface area contributed by atoms with Crippen molar-refractivity contribution in [2.75, 3.05) is 28.4 Å². The van der Waals surface area contributed by atoms with Gasteiger partial charge in [0.1, 0.15) is 23.0 Å². The van der Waals surface area contributed by atoms with Crippen LogP contribution >= 0.6 is 47.8 Å². The minimum atomic E-state index is -5.61. The molecular weight excluding hydrogens is 1710 g/mol. The zero-order valence-electron chi connectivity index (χ0n) is 60.8. The summed E-state index contributed by atoms with van der Waals surface area (Å²) in [5, 5.41) is 11.8. The van der Waals surface area contributed by atoms with Gasteiger partial charge >= 0.3 is 68.0 Å². The predicted octanol–water partition coefficient (Wildman–Crippen LogP) is 20.7. The van der Waals surface area contributed by atoms with E-state index >= 15 is 0 Å². The number of ether oxygens (including phenoxy) is 7. The molecule has 0 spiro atoms. The second-order valence-electron chi connectivity index (χ2n) is 24.8. The van der Waals surface area contributed by atoms with Gasteiger partial charge in [-0.3, -0.25) is 0 Å². The van der Waals surface area contributed by atoms with Crippen molar-refractivity contribution in [2.45, 2.75) is 98.0 Å². The second-order valence-corrected chi connectivity index (χ2v) is 27.9. The summed E-state index contributed by atoms with van der Waals surface area (Å²) in [6.07, 6.45) is -10.9. The zero-order valence-corrected chi connectivity index (χ0v) is 65.5. The van der Waals surface area contributed by atoms with Gasteiger partial charge in [0.25, 0.3) is 0 Å². The molecule has 0 aliphatic heterocycles. The van der Waals surface area contributed by atoms with Gasteiger partial charge in [-0.15, -0.1) is 0 Å². The minimum Gasteiger partial charge on any atom is -0.507 e. The van der Waals surface area contributed by atoms with Gasteiger partial charge in [-0.2, -0.15) is 57.1 Å². The number of aromatic nitrogens is 4. The van der Waals surface area contributed by atoms with Gasteiger partial charge in [-0.1, -0.05) is 146 Å². The Kier molecular flexibility index (Phi) is 28.1. The molecule has 12 aromatic rings. The number of halogens is 17. The van der Waals surface area contributed by atoms with Crippen LogP contribution in [0, 0.1) is 27.7 Å². The fraction of sp³-hybridized carbons (Fsp3) is 0.250. The number of alkyl halides is 17. The van der Waals surface area contributed by atoms with E-state index in [1.54, 1.807) is 77.5 Å². The highest BCUT2D eigenvalue weighted by molar-refractivity contribution is 9.10. The van der Waals surface area contributed by atoms with Gasteiger partial charge in [0.05, 0.1) is 50.5 Å². The fourth-order valence-corrected chi connectivity index (χ4v) is 12.1. The van der Waals surface area contributed by atoms with E-state index in [0.29, 0.717) is 66.9 Å². The monoisotopic (exact) mass is 1780 g/mol. The number of hydrogen-bond donors (Lipinski definition) is 1. The summed E-state index contributed by atoms with van der Waals surface area (Å²) >= 11 is 5.34. The van der Waals surface area contributed by atoms with Crippen LogP contribution in [0.5, 0.6) is 23.0 Å². The molecule has 1 N–H and O–H groups in total. The van der Waals surface area contributed by atoms with Gasteiger partial charge < -0.3 is 56.5 Å². The highest BCUT2D eigenvalue weighted by Crippen LogP contribution is 2.46. The quantitative estimate of drug-likeness (QED) is 0.0332. The number of hydrogen-bond acceptors (Lipinski definition) is 12. The number of phenolic OH excluding ortho intramolecular Hbond substituents is 1. The van der Waals surface area contributed by atoms with Crippen LogP contribution in [0.2, 0.25) is 0 Å². The van der Waals surface area contributed by atoms with E-state index in [1.807, 2.05) is 187 Å². The maximum atomic E-state index is 14.9. The van der Waals surface area contributed by atoms with Gasteiger partial charge in [0.15, 0.2) is 0 Å². The molecule has 4 unspecified atom stereocenters. The van der Waals surface area contributed by atoms with Crippen molar-refractivity contribution in [3.05, 3.63) is 263 Å². The lowest BCUT2D eigenvalue weighted by molar-refractivity contribution is -0.296. The molecule has 0 bridgehead atoms. The van der Waals surface area contributed by atoms with Crippen LogP contribution in [0.1, 0.15) is 45.0 Å². The molecule has 0 saturated heterocycles. The topological polar surface area (TPSA) is 173 Å². The van der Waals surface area contributed by atoms with Crippen molar-refractivity contribution < 1.29 is 119 Å². The van der Waals surface area contributed by atoms with Crippen molar-refractivity contribution in [3.8, 4) is 23.0 Å². The largest absolute Gasteiger partial charge is 0.507 e. The Labute approximate surface area is 661 Å². The van der Waals surface area contributed by atoms with Crippen molar-refractivity contribution >= 4 is 115 Å². The molecule has 4 aromatic heterocycles. The third kappa shape index (κ3) is 19.9. The van der Waals surface area contributed by atoms with Crippen LogP contribution in [-0.2, 0) is 64.3 Å². The average Bonchev–Trinajstić information content (AvgIpc) is 1.73. The first-order valence-corrected chi connectivity index (χ1v) is 35.7. The predicted molar refractivity (Wildman–Crippen MR) is 405 cm³/mol. The number of phenols is 1. The number of rotatable bonds is 20. The summed E-state index contributed by atoms with van der Waals surface area (Å²) in [5.41, 5.74) is 10.8. The first-order valence-electron chi connectivity index (χ1n) is 33.3. The van der Waals surface area contributed by atoms with E-state index in [9.17, 15) is 85.8 Å². The van der Waals surface area contributed by atoms with E-state index in [-0.39, 0.29) is 16.9 Å². The Morgan fingerprint density at radius 2 is 0.558 bits per heavy atom. The number of carbonyl (C=O) groups is 4. The molecule has 0 fully saturated rings. The maximum Gasteiger partial charge on any atom is 0.472 e. The van der Waals surface area contributed by atoms with Gasteiger partial charge in [-0.25, -0.2) is 23.6 Å². The normalized spacial score (nSPS) is 13.8. The fourth-order valence-electron chi connectivity index (χ4n) is 11.5. The first kappa shape index (κ1) is 88.0. The highest BCUT2D eigenvalue weighted by atomic mass is 79.9. The molecule has 8 aromatic carbocycles. The Hall–Kier alpha value is -10.5. The summed E-state index contributed by atoms with van der Waals surface area (Å²) in [5.74, 6) is -21.0. The van der Waals surface area contributed by atoms with Crippen molar-refractivity contribution in [3.63, 3.8) is 0 Å². The second kappa shape index (κ2) is 36.1. The minimum absolute atomic E-state index is 0.195. The highest BCUT2D eigenvalue weighted by Gasteiger charge is 2.67. The van der Waals surface area contributed by atoms with Crippen LogP contribution in [0.15, 0.2) is 218 Å². The van der Waals surface area contributed by atoms with E-state index < -0.39 is 73.8 Å². The number of nitrogens with zero attached hydrogens (tertiary/aromatic N) is 4. The molecule has 33 heteroatoms. The molecule has 4 heterocycles. The molecule has 600 valence electrons. The molecule has 0 saturated carbocycles. The van der Waals surface area contributed by atoms with Gasteiger partial charge in [0.2, 0.25) is 0 Å². The van der Waals surface area contributed by atoms with E-state index in [4.69, 9.17) is 9.47 Å². The van der Waals surface area contributed by atoms with Gasteiger partial charge in [0, 0.05) is 70.5 Å². The Morgan fingerprint density at radius 1 is 0.319 bits per heavy atom. The summed E-state index contributed by atoms with van der Waals surface area (Å²) < 4.78 is 220. The number of fused-ring (bicyclic) bond motifs is 4. The first-order chi connectivity index (χ1) is 53.0. The van der Waals surface area contributed by atoms with Crippen LogP contribution in [0.3, 0.4) is 0 Å². The van der Waals surface area contributed by atoms with Crippen LogP contribution in [-0.4, -0.2) is 120 Å². The summed E-state index contributed by atoms with van der Waals surface area (Å²) in [6.45, 7) is 9.90. The van der Waals surface area contributed by atoms with Crippen molar-refractivity contribution in [1.82, 2.24) is 18.3 Å². The molecular formula is C80H69Br3F14N4O12. The molecule has 0 amide bonds. The van der Waals surface area contributed by atoms with E-state index in [0.717, 1.165) is 71.1 Å². The molecule has 0 aliphatic carbocycles. The van der Waals surface area contributed by atoms with Crippen molar-refractivity contribution in [1.29, 1.82) is 0 Å². The van der Waals surface area contributed by atoms with Gasteiger partial charge in [-0.05, 0) is 171 Å². The smallest absolute Gasteiger partial charge is 0.472 e. The Balaban J connectivity index is 0.000000182. The standard InChI is InChI=1S/2C20H17BrF3NO3.C20H17F4NO3.C16H15NO.C4H3BrF4O2/c2*1-13-11-15-16(25(13)12-14-7-4-3-5-8-14)9-6-10-17(15)28-19(22,18(26)27-2)20(21,23)24;1-13-11-15-16(25(13)12-14-7-4-3-5-8-14)9-6-10-17(15)28-19(21,18(26)27-2)20(22,23)24;1-12-10-14-15(8-5-9-16(14)18)17(12)11-13-6-3-2-4-7-13;1-11-2(10)3(5,6)4(7,8)9/h3*3-11H,12H2,1-2H3;2-10,18H,11H2,1H3;1H3. The van der Waals surface area contributed by atoms with Crippen LogP contribution < -0.4 is 14.2 Å². The van der Waals surface area contributed by atoms with Crippen molar-refractivity contribution in [2.24, 2.45) is 0 Å². The van der Waals surface area contributed by atoms with Crippen LogP contribution in [0.4, 0.5) is 61.5 Å². The SMILES string of the molecule is COC(=O)C(F)(Br)C(F)(F)F.COC(=O)C(F)(Oc1cccc2c1cc(C)n2Cc1ccccc1)C(F)(F)Br.COC(=O)C(F)(Oc1cccc2c1cc(C)n2Cc1ccccc1)C(F)(F)Br.COC(=O)C(F)(Oc1cccc2c1cc(C)n2Cc1ccccc1)C(F)(F)F.Cc1cc2c(O)cccc2n1Cc1ccccc1. The zero-order chi connectivity index (χ0) is 83.4. The lowest BCUT2D eigenvalue weighted by Crippen LogP contribution is -2.53. The number of methoxy groups -OCH3 is 4. The molecule has 113 heavy (non-hydrogen) atoms. The third-order valence-corrected chi connectivity index (χ3v) is 19.0. The molecule has 0 aliphatic rings. The Morgan fingerprint density at radius 3 is 0.796 bits per heavy atom. The lowest BCUT2D eigenvalue weighted by Gasteiger charge is -2.27. The van der Waals surface area contributed by atoms with E-state index in [2.05, 4.69) is 47.3 Å². The van der Waals surface area contributed by atoms with Crippen LogP contribution in [0.25, 0.3) is 43.6 Å². The molecule has 4 atom stereocenters. The number of aromatic hydroxyl groups is 1. The number of esters is 4.